The lowest BCUT2D eigenvalue weighted by Crippen LogP contribution is -2.08. The predicted octanol–water partition coefficient (Wildman–Crippen LogP) is 2.62. The molecule has 17 heavy (non-hydrogen) atoms. The van der Waals surface area contributed by atoms with Crippen molar-refractivity contribution in [2.24, 2.45) is 0 Å². The SMILES string of the molecule is CCNc1cncc(NCCc2ccsc2)n1. The molecule has 5 heteroatoms. The first-order valence-corrected chi connectivity index (χ1v) is 6.63. The second kappa shape index (κ2) is 6.20. The van der Waals surface area contributed by atoms with E-state index >= 15 is 0 Å². The zero-order valence-electron chi connectivity index (χ0n) is 9.81. The van der Waals surface area contributed by atoms with E-state index in [-0.39, 0.29) is 0 Å². The molecule has 2 aromatic heterocycles. The van der Waals surface area contributed by atoms with Crippen LogP contribution in [0.15, 0.2) is 29.2 Å². The molecule has 0 bridgehead atoms. The first kappa shape index (κ1) is 11.9. The summed E-state index contributed by atoms with van der Waals surface area (Å²) in [7, 11) is 0. The van der Waals surface area contributed by atoms with Gasteiger partial charge in [0.25, 0.3) is 0 Å². The van der Waals surface area contributed by atoms with Crippen molar-refractivity contribution in [3.8, 4) is 0 Å². The van der Waals surface area contributed by atoms with Crippen LogP contribution in [0.1, 0.15) is 12.5 Å². The van der Waals surface area contributed by atoms with Crippen LogP contribution in [0.4, 0.5) is 11.6 Å². The molecule has 0 aromatic carbocycles. The summed E-state index contributed by atoms with van der Waals surface area (Å²) >= 11 is 1.73. The molecule has 2 aromatic rings. The molecule has 0 aliphatic heterocycles. The number of rotatable bonds is 6. The number of hydrogen-bond acceptors (Lipinski definition) is 5. The van der Waals surface area contributed by atoms with Crippen LogP contribution >= 0.6 is 11.3 Å². The van der Waals surface area contributed by atoms with Crippen molar-refractivity contribution in [3.05, 3.63) is 34.8 Å². The molecule has 2 rings (SSSR count). The molecule has 0 atom stereocenters. The van der Waals surface area contributed by atoms with Crippen molar-refractivity contribution in [1.29, 1.82) is 0 Å². The highest BCUT2D eigenvalue weighted by Gasteiger charge is 1.98. The van der Waals surface area contributed by atoms with Crippen molar-refractivity contribution in [2.45, 2.75) is 13.3 Å². The van der Waals surface area contributed by atoms with Gasteiger partial charge in [-0.2, -0.15) is 11.3 Å². The molecule has 2 heterocycles. The van der Waals surface area contributed by atoms with Crippen LogP contribution in [0, 0.1) is 0 Å². The number of aromatic nitrogens is 2. The summed E-state index contributed by atoms with van der Waals surface area (Å²) in [4.78, 5) is 8.53. The van der Waals surface area contributed by atoms with Crippen molar-refractivity contribution < 1.29 is 0 Å². The molecular weight excluding hydrogens is 232 g/mol. The summed E-state index contributed by atoms with van der Waals surface area (Å²) in [6, 6.07) is 2.15. The largest absolute Gasteiger partial charge is 0.369 e. The van der Waals surface area contributed by atoms with Gasteiger partial charge in [-0.25, -0.2) is 4.98 Å². The highest BCUT2D eigenvalue weighted by Crippen LogP contribution is 2.09. The Bertz CT molecular complexity index is 442. The predicted molar refractivity (Wildman–Crippen MR) is 72.7 cm³/mol. The normalized spacial score (nSPS) is 10.2. The zero-order chi connectivity index (χ0) is 11.9. The minimum Gasteiger partial charge on any atom is -0.369 e. The number of thiophene rings is 1. The van der Waals surface area contributed by atoms with E-state index in [1.807, 2.05) is 6.92 Å². The smallest absolute Gasteiger partial charge is 0.146 e. The maximum atomic E-state index is 4.40. The summed E-state index contributed by atoms with van der Waals surface area (Å²) < 4.78 is 0. The fourth-order valence-electron chi connectivity index (χ4n) is 1.49. The molecule has 0 amide bonds. The lowest BCUT2D eigenvalue weighted by molar-refractivity contribution is 1.00. The third-order valence-corrected chi connectivity index (χ3v) is 3.02. The fourth-order valence-corrected chi connectivity index (χ4v) is 2.19. The van der Waals surface area contributed by atoms with Crippen LogP contribution in [-0.4, -0.2) is 23.1 Å². The van der Waals surface area contributed by atoms with Gasteiger partial charge < -0.3 is 10.6 Å². The maximum absolute atomic E-state index is 4.40. The average molecular weight is 248 g/mol. The van der Waals surface area contributed by atoms with E-state index in [9.17, 15) is 0 Å². The van der Waals surface area contributed by atoms with Gasteiger partial charge >= 0.3 is 0 Å². The van der Waals surface area contributed by atoms with Crippen LogP contribution in [0.2, 0.25) is 0 Å². The molecule has 90 valence electrons. The van der Waals surface area contributed by atoms with Crippen LogP contribution in [0.5, 0.6) is 0 Å². The molecule has 0 saturated carbocycles. The van der Waals surface area contributed by atoms with Gasteiger partial charge in [-0.15, -0.1) is 0 Å². The Morgan fingerprint density at radius 3 is 2.76 bits per heavy atom. The van der Waals surface area contributed by atoms with Crippen molar-refractivity contribution in [3.63, 3.8) is 0 Å². The Kier molecular flexibility index (Phi) is 4.32. The second-order valence-electron chi connectivity index (χ2n) is 3.63. The summed E-state index contributed by atoms with van der Waals surface area (Å²) in [5.41, 5.74) is 1.36. The Balaban J connectivity index is 1.84. The average Bonchev–Trinajstić information content (AvgIpc) is 2.83. The number of nitrogens with zero attached hydrogens (tertiary/aromatic N) is 2. The third-order valence-electron chi connectivity index (χ3n) is 2.29. The third kappa shape index (κ3) is 3.71. The Hall–Kier alpha value is -1.62. The van der Waals surface area contributed by atoms with Crippen molar-refractivity contribution in [2.75, 3.05) is 23.7 Å². The molecule has 0 saturated heterocycles. The van der Waals surface area contributed by atoms with E-state index in [1.165, 1.54) is 5.56 Å². The highest BCUT2D eigenvalue weighted by molar-refractivity contribution is 7.07. The van der Waals surface area contributed by atoms with Crippen LogP contribution in [0.3, 0.4) is 0 Å². The quantitative estimate of drug-likeness (QED) is 0.825. The lowest BCUT2D eigenvalue weighted by Gasteiger charge is -2.06. The summed E-state index contributed by atoms with van der Waals surface area (Å²) in [5, 5.41) is 10.7. The van der Waals surface area contributed by atoms with E-state index in [0.717, 1.165) is 31.1 Å². The Labute approximate surface area is 105 Å². The number of nitrogens with one attached hydrogen (secondary N) is 2. The van der Waals surface area contributed by atoms with Gasteiger partial charge in [0, 0.05) is 13.1 Å². The summed E-state index contributed by atoms with van der Waals surface area (Å²) in [6.07, 6.45) is 4.48. The van der Waals surface area contributed by atoms with E-state index < -0.39 is 0 Å². The Morgan fingerprint density at radius 1 is 1.24 bits per heavy atom. The van der Waals surface area contributed by atoms with E-state index in [1.54, 1.807) is 23.7 Å². The minimum absolute atomic E-state index is 0.813. The molecule has 0 spiro atoms. The fraction of sp³-hybridized carbons (Fsp3) is 0.333. The highest BCUT2D eigenvalue weighted by atomic mass is 32.1. The zero-order valence-corrected chi connectivity index (χ0v) is 10.6. The van der Waals surface area contributed by atoms with E-state index in [2.05, 4.69) is 37.4 Å². The molecule has 0 aliphatic rings. The van der Waals surface area contributed by atoms with Crippen molar-refractivity contribution in [1.82, 2.24) is 9.97 Å². The van der Waals surface area contributed by atoms with Gasteiger partial charge in [-0.3, -0.25) is 4.98 Å². The van der Waals surface area contributed by atoms with E-state index in [4.69, 9.17) is 0 Å². The summed E-state index contributed by atoms with van der Waals surface area (Å²) in [5.74, 6) is 1.63. The molecule has 0 aliphatic carbocycles. The van der Waals surface area contributed by atoms with Crippen molar-refractivity contribution >= 4 is 23.0 Å². The number of hydrogen-bond donors (Lipinski definition) is 2. The van der Waals surface area contributed by atoms with Gasteiger partial charge in [0.1, 0.15) is 11.6 Å². The summed E-state index contributed by atoms with van der Waals surface area (Å²) in [6.45, 7) is 3.77. The first-order chi connectivity index (χ1) is 8.38. The van der Waals surface area contributed by atoms with E-state index in [0.29, 0.717) is 0 Å². The molecule has 0 fully saturated rings. The van der Waals surface area contributed by atoms with Gasteiger partial charge in [-0.05, 0) is 35.7 Å². The maximum Gasteiger partial charge on any atom is 0.146 e. The lowest BCUT2D eigenvalue weighted by atomic mass is 10.2. The van der Waals surface area contributed by atoms with Crippen LogP contribution in [0.25, 0.3) is 0 Å². The number of anilines is 2. The molecule has 0 radical (unpaired) electrons. The van der Waals surface area contributed by atoms with Crippen LogP contribution in [-0.2, 0) is 6.42 Å². The molecule has 0 unspecified atom stereocenters. The van der Waals surface area contributed by atoms with Gasteiger partial charge in [0.05, 0.1) is 12.4 Å². The van der Waals surface area contributed by atoms with Gasteiger partial charge in [0.2, 0.25) is 0 Å². The topological polar surface area (TPSA) is 49.8 Å². The second-order valence-corrected chi connectivity index (χ2v) is 4.41. The molecule has 4 nitrogen and oxygen atoms in total. The van der Waals surface area contributed by atoms with Gasteiger partial charge in [-0.1, -0.05) is 0 Å². The van der Waals surface area contributed by atoms with Crippen LogP contribution < -0.4 is 10.6 Å². The minimum atomic E-state index is 0.813. The standard InChI is InChI=1S/C12H16N4S/c1-2-14-11-7-13-8-12(16-11)15-5-3-10-4-6-17-9-10/h4,6-9H,2-3,5H2,1H3,(H2,14,15,16). The van der Waals surface area contributed by atoms with Gasteiger partial charge in [0.15, 0.2) is 0 Å². The molecular formula is C12H16N4S. The first-order valence-electron chi connectivity index (χ1n) is 5.69. The molecule has 2 N–H and O–H groups in total. The monoisotopic (exact) mass is 248 g/mol. The Morgan fingerprint density at radius 2 is 2.06 bits per heavy atom.